The van der Waals surface area contributed by atoms with E-state index in [4.69, 9.17) is 4.74 Å². The van der Waals surface area contributed by atoms with Crippen LogP contribution in [0.15, 0.2) is 12.1 Å². The third-order valence-electron chi connectivity index (χ3n) is 2.44. The number of aliphatic hydroxyl groups is 1. The van der Waals surface area contributed by atoms with E-state index in [1.54, 1.807) is 6.92 Å². The molecule has 2 atom stereocenters. The van der Waals surface area contributed by atoms with Gasteiger partial charge in [-0.05, 0) is 6.92 Å². The van der Waals surface area contributed by atoms with E-state index in [1.165, 1.54) is 12.1 Å². The lowest BCUT2D eigenvalue weighted by atomic mass is 9.99. The fraction of sp³-hybridized carbons (Fsp3) is 0.400. The number of ether oxygens (including phenoxy) is 1. The molecule has 1 aromatic rings. The number of hydrogen-bond donors (Lipinski definition) is 3. The predicted molar refractivity (Wildman–Crippen MR) is 49.6 cm³/mol. The number of rotatable bonds is 0. The standard InChI is InChI=1S/C10H12O4/c1-5-8(12)4-7-9(13)2-6(11)3-10(7)14-5/h2-3,5,8,11-13H,4H2,1H3/t5-,8+/m0/s1. The Bertz CT molecular complexity index is 361. The lowest BCUT2D eigenvalue weighted by Gasteiger charge is -2.28. The van der Waals surface area contributed by atoms with E-state index in [0.717, 1.165) is 0 Å². The summed E-state index contributed by atoms with van der Waals surface area (Å²) in [5.41, 5.74) is 0.549. The van der Waals surface area contributed by atoms with Crippen molar-refractivity contribution in [3.8, 4) is 17.2 Å². The quantitative estimate of drug-likeness (QED) is 0.573. The van der Waals surface area contributed by atoms with Crippen LogP contribution >= 0.6 is 0 Å². The zero-order valence-corrected chi connectivity index (χ0v) is 7.77. The van der Waals surface area contributed by atoms with Gasteiger partial charge in [-0.25, -0.2) is 0 Å². The molecule has 1 heterocycles. The number of benzene rings is 1. The van der Waals surface area contributed by atoms with Crippen molar-refractivity contribution in [2.75, 3.05) is 0 Å². The summed E-state index contributed by atoms with van der Waals surface area (Å²) in [6.07, 6.45) is -0.579. The van der Waals surface area contributed by atoms with Crippen molar-refractivity contribution in [2.24, 2.45) is 0 Å². The van der Waals surface area contributed by atoms with Gasteiger partial charge in [0, 0.05) is 24.1 Å². The van der Waals surface area contributed by atoms with Crippen molar-refractivity contribution < 1.29 is 20.1 Å². The molecule has 14 heavy (non-hydrogen) atoms. The van der Waals surface area contributed by atoms with Gasteiger partial charge in [-0.3, -0.25) is 0 Å². The molecule has 0 aromatic heterocycles. The minimum Gasteiger partial charge on any atom is -0.508 e. The first-order valence-corrected chi connectivity index (χ1v) is 4.47. The molecule has 1 aliphatic rings. The van der Waals surface area contributed by atoms with E-state index in [0.29, 0.717) is 17.7 Å². The number of phenols is 2. The van der Waals surface area contributed by atoms with Gasteiger partial charge in [0.05, 0.1) is 6.10 Å². The van der Waals surface area contributed by atoms with Gasteiger partial charge < -0.3 is 20.1 Å². The van der Waals surface area contributed by atoms with Crippen molar-refractivity contribution in [1.82, 2.24) is 0 Å². The van der Waals surface area contributed by atoms with E-state index in [9.17, 15) is 15.3 Å². The molecular formula is C10H12O4. The van der Waals surface area contributed by atoms with Crippen LogP contribution in [0.1, 0.15) is 12.5 Å². The Morgan fingerprint density at radius 3 is 2.79 bits per heavy atom. The second kappa shape index (κ2) is 3.06. The number of fused-ring (bicyclic) bond motifs is 1. The zero-order valence-electron chi connectivity index (χ0n) is 7.77. The predicted octanol–water partition coefficient (Wildman–Crippen LogP) is 0.782. The molecule has 2 rings (SSSR count). The molecule has 0 spiro atoms. The average molecular weight is 196 g/mol. The van der Waals surface area contributed by atoms with Crippen molar-refractivity contribution in [1.29, 1.82) is 0 Å². The summed E-state index contributed by atoms with van der Waals surface area (Å²) in [5, 5.41) is 28.2. The third kappa shape index (κ3) is 1.37. The van der Waals surface area contributed by atoms with Gasteiger partial charge in [0.2, 0.25) is 0 Å². The lowest BCUT2D eigenvalue weighted by Crippen LogP contribution is -2.34. The van der Waals surface area contributed by atoms with E-state index in [1.807, 2.05) is 0 Å². The van der Waals surface area contributed by atoms with Crippen LogP contribution in [-0.4, -0.2) is 27.5 Å². The van der Waals surface area contributed by atoms with E-state index < -0.39 is 6.10 Å². The van der Waals surface area contributed by atoms with Crippen LogP contribution in [0, 0.1) is 0 Å². The minimum absolute atomic E-state index is 0.0362. The van der Waals surface area contributed by atoms with Gasteiger partial charge in [0.1, 0.15) is 23.4 Å². The van der Waals surface area contributed by atoms with E-state index >= 15 is 0 Å². The van der Waals surface area contributed by atoms with Crippen LogP contribution in [-0.2, 0) is 6.42 Å². The number of phenolic OH excluding ortho intramolecular Hbond substituents is 2. The summed E-state index contributed by atoms with van der Waals surface area (Å²) >= 11 is 0. The highest BCUT2D eigenvalue weighted by molar-refractivity contribution is 5.50. The summed E-state index contributed by atoms with van der Waals surface area (Å²) in [6.45, 7) is 1.74. The van der Waals surface area contributed by atoms with Crippen LogP contribution in [0.5, 0.6) is 17.2 Å². The molecule has 76 valence electrons. The Kier molecular flexibility index (Phi) is 2.00. The maximum atomic E-state index is 9.52. The Balaban J connectivity index is 2.46. The molecule has 3 N–H and O–H groups in total. The normalized spacial score (nSPS) is 25.3. The maximum absolute atomic E-state index is 9.52. The molecule has 4 nitrogen and oxygen atoms in total. The number of aromatic hydroxyl groups is 2. The Hall–Kier alpha value is -1.42. The highest BCUT2D eigenvalue weighted by Gasteiger charge is 2.27. The third-order valence-corrected chi connectivity index (χ3v) is 2.44. The van der Waals surface area contributed by atoms with Crippen LogP contribution in [0.2, 0.25) is 0 Å². The monoisotopic (exact) mass is 196 g/mol. The molecule has 1 aromatic carbocycles. The smallest absolute Gasteiger partial charge is 0.130 e. The fourth-order valence-corrected chi connectivity index (χ4v) is 1.58. The van der Waals surface area contributed by atoms with E-state index in [2.05, 4.69) is 0 Å². The highest BCUT2D eigenvalue weighted by atomic mass is 16.5. The minimum atomic E-state index is -0.613. The molecule has 0 saturated heterocycles. The topological polar surface area (TPSA) is 69.9 Å². The average Bonchev–Trinajstić information content (AvgIpc) is 2.08. The number of aliphatic hydroxyl groups excluding tert-OH is 1. The van der Waals surface area contributed by atoms with Gasteiger partial charge in [-0.1, -0.05) is 0 Å². The zero-order chi connectivity index (χ0) is 10.3. The summed E-state index contributed by atoms with van der Waals surface area (Å²) in [7, 11) is 0. The molecule has 0 amide bonds. The lowest BCUT2D eigenvalue weighted by molar-refractivity contribution is 0.0318. The van der Waals surface area contributed by atoms with Crippen molar-refractivity contribution in [3.05, 3.63) is 17.7 Å². The summed E-state index contributed by atoms with van der Waals surface area (Å²) in [5.74, 6) is 0.371. The number of hydrogen-bond acceptors (Lipinski definition) is 4. The molecule has 0 fully saturated rings. The first-order chi connectivity index (χ1) is 6.58. The summed E-state index contributed by atoms with van der Waals surface area (Å²) < 4.78 is 5.34. The first-order valence-electron chi connectivity index (χ1n) is 4.47. The van der Waals surface area contributed by atoms with E-state index in [-0.39, 0.29) is 17.6 Å². The Morgan fingerprint density at radius 1 is 1.36 bits per heavy atom. The van der Waals surface area contributed by atoms with Gasteiger partial charge in [-0.15, -0.1) is 0 Å². The fourth-order valence-electron chi connectivity index (χ4n) is 1.58. The van der Waals surface area contributed by atoms with Crippen LogP contribution in [0.25, 0.3) is 0 Å². The molecule has 0 saturated carbocycles. The Labute approximate surface area is 81.4 Å². The van der Waals surface area contributed by atoms with Crippen molar-refractivity contribution >= 4 is 0 Å². The van der Waals surface area contributed by atoms with Crippen molar-refractivity contribution in [2.45, 2.75) is 25.6 Å². The van der Waals surface area contributed by atoms with Gasteiger partial charge in [0.15, 0.2) is 0 Å². The van der Waals surface area contributed by atoms with Crippen LogP contribution in [0.3, 0.4) is 0 Å². The Morgan fingerprint density at radius 2 is 2.07 bits per heavy atom. The second-order valence-corrected chi connectivity index (χ2v) is 3.54. The van der Waals surface area contributed by atoms with Gasteiger partial charge in [0.25, 0.3) is 0 Å². The summed E-state index contributed by atoms with van der Waals surface area (Å²) in [4.78, 5) is 0. The van der Waals surface area contributed by atoms with Crippen molar-refractivity contribution in [3.63, 3.8) is 0 Å². The van der Waals surface area contributed by atoms with Crippen LogP contribution in [0.4, 0.5) is 0 Å². The molecule has 0 aliphatic carbocycles. The second-order valence-electron chi connectivity index (χ2n) is 3.54. The largest absolute Gasteiger partial charge is 0.508 e. The van der Waals surface area contributed by atoms with Gasteiger partial charge >= 0.3 is 0 Å². The molecular weight excluding hydrogens is 184 g/mol. The molecule has 0 unspecified atom stereocenters. The molecule has 0 bridgehead atoms. The molecule has 1 aliphatic heterocycles. The molecule has 4 heteroatoms. The molecule has 0 radical (unpaired) electrons. The van der Waals surface area contributed by atoms with Gasteiger partial charge in [-0.2, -0.15) is 0 Å². The SMILES string of the molecule is C[C@@H]1Oc2cc(O)cc(O)c2C[C@H]1O. The maximum Gasteiger partial charge on any atom is 0.130 e. The van der Waals surface area contributed by atoms with Crippen LogP contribution < -0.4 is 4.74 Å². The highest BCUT2D eigenvalue weighted by Crippen LogP contribution is 2.37. The first kappa shape index (κ1) is 9.15. The summed E-state index contributed by atoms with van der Waals surface area (Å²) in [6, 6.07) is 2.68.